The van der Waals surface area contributed by atoms with E-state index in [0.717, 1.165) is 30.5 Å². The Morgan fingerprint density at radius 1 is 1.50 bits per heavy atom. The molecule has 1 saturated carbocycles. The minimum Gasteiger partial charge on any atom is -0.368 e. The summed E-state index contributed by atoms with van der Waals surface area (Å²) in [6.45, 7) is 3.85. The molecule has 0 unspecified atom stereocenters. The third-order valence-corrected chi connectivity index (χ3v) is 3.33. The van der Waals surface area contributed by atoms with Crippen LogP contribution < -0.4 is 5.32 Å². The van der Waals surface area contributed by atoms with E-state index >= 15 is 0 Å². The summed E-state index contributed by atoms with van der Waals surface area (Å²) in [4.78, 5) is 10.5. The zero-order valence-corrected chi connectivity index (χ0v) is 10.5. The van der Waals surface area contributed by atoms with Crippen molar-refractivity contribution >= 4 is 17.4 Å². The summed E-state index contributed by atoms with van der Waals surface area (Å²) in [7, 11) is 2.17. The molecule has 0 aliphatic heterocycles. The molecule has 5 heteroatoms. The average Bonchev–Trinajstić information content (AvgIpc) is 3.07. The van der Waals surface area contributed by atoms with Crippen LogP contribution in [0.2, 0.25) is 5.15 Å². The van der Waals surface area contributed by atoms with Crippen LogP contribution in [0.5, 0.6) is 0 Å². The Bertz CT molecular complexity index is 365. The molecule has 0 radical (unpaired) electrons. The number of aromatic nitrogens is 2. The van der Waals surface area contributed by atoms with Gasteiger partial charge in [0.15, 0.2) is 0 Å². The van der Waals surface area contributed by atoms with Crippen LogP contribution in [-0.4, -0.2) is 41.0 Å². The van der Waals surface area contributed by atoms with Crippen molar-refractivity contribution in [3.05, 3.63) is 17.0 Å². The normalized spacial score (nSPS) is 15.5. The van der Waals surface area contributed by atoms with Crippen LogP contribution in [0, 0.1) is 6.92 Å². The zero-order valence-electron chi connectivity index (χ0n) is 9.70. The highest BCUT2D eigenvalue weighted by Gasteiger charge is 2.25. The lowest BCUT2D eigenvalue weighted by Gasteiger charge is -2.16. The highest BCUT2D eigenvalue weighted by molar-refractivity contribution is 6.30. The molecule has 0 atom stereocenters. The summed E-state index contributed by atoms with van der Waals surface area (Å²) in [6, 6.07) is 0.803. The third kappa shape index (κ3) is 2.83. The number of halogens is 1. The quantitative estimate of drug-likeness (QED) is 0.799. The molecule has 0 aromatic carbocycles. The van der Waals surface area contributed by atoms with Crippen LogP contribution in [-0.2, 0) is 0 Å². The van der Waals surface area contributed by atoms with Crippen LogP contribution in [0.4, 0.5) is 5.82 Å². The van der Waals surface area contributed by atoms with Crippen LogP contribution in [0.3, 0.4) is 0 Å². The number of hydrogen-bond donors (Lipinski definition) is 1. The van der Waals surface area contributed by atoms with Crippen molar-refractivity contribution in [1.29, 1.82) is 0 Å². The first-order valence-corrected chi connectivity index (χ1v) is 5.97. The van der Waals surface area contributed by atoms with Crippen LogP contribution in [0.15, 0.2) is 6.33 Å². The molecule has 1 fully saturated rings. The smallest absolute Gasteiger partial charge is 0.137 e. The van der Waals surface area contributed by atoms with Gasteiger partial charge in [0, 0.05) is 24.7 Å². The third-order valence-electron chi connectivity index (χ3n) is 2.95. The largest absolute Gasteiger partial charge is 0.368 e. The molecule has 1 aliphatic rings. The van der Waals surface area contributed by atoms with Crippen molar-refractivity contribution in [2.45, 2.75) is 25.8 Å². The van der Waals surface area contributed by atoms with E-state index in [1.54, 1.807) is 0 Å². The number of nitrogens with zero attached hydrogens (tertiary/aromatic N) is 3. The molecule has 1 heterocycles. The molecule has 16 heavy (non-hydrogen) atoms. The monoisotopic (exact) mass is 240 g/mol. The predicted molar refractivity (Wildman–Crippen MR) is 65.9 cm³/mol. The van der Waals surface area contributed by atoms with Gasteiger partial charge in [-0.15, -0.1) is 0 Å². The van der Waals surface area contributed by atoms with E-state index in [9.17, 15) is 0 Å². The number of rotatable bonds is 5. The molecule has 2 rings (SSSR count). The Kier molecular flexibility index (Phi) is 3.61. The van der Waals surface area contributed by atoms with Crippen molar-refractivity contribution in [2.24, 2.45) is 0 Å². The summed E-state index contributed by atoms with van der Waals surface area (Å²) >= 11 is 5.91. The molecule has 88 valence electrons. The molecular weight excluding hydrogens is 224 g/mol. The van der Waals surface area contributed by atoms with E-state index in [-0.39, 0.29) is 0 Å². The molecule has 0 bridgehead atoms. The molecule has 1 N–H and O–H groups in total. The van der Waals surface area contributed by atoms with Crippen molar-refractivity contribution in [3.63, 3.8) is 0 Å². The Hall–Kier alpha value is -0.870. The van der Waals surface area contributed by atoms with Gasteiger partial charge in [0.2, 0.25) is 0 Å². The first kappa shape index (κ1) is 11.6. The molecule has 0 spiro atoms. The number of nitrogens with one attached hydrogen (secondary N) is 1. The highest BCUT2D eigenvalue weighted by atomic mass is 35.5. The Balaban J connectivity index is 1.82. The lowest BCUT2D eigenvalue weighted by molar-refractivity contribution is 0.337. The van der Waals surface area contributed by atoms with Crippen molar-refractivity contribution in [3.8, 4) is 0 Å². The Labute approximate surface area is 101 Å². The maximum absolute atomic E-state index is 5.91. The van der Waals surface area contributed by atoms with Crippen molar-refractivity contribution in [2.75, 3.05) is 25.5 Å². The van der Waals surface area contributed by atoms with Gasteiger partial charge in [-0.3, -0.25) is 0 Å². The van der Waals surface area contributed by atoms with Gasteiger partial charge in [0.05, 0.1) is 0 Å². The number of anilines is 1. The second kappa shape index (κ2) is 4.97. The van der Waals surface area contributed by atoms with Gasteiger partial charge in [-0.25, -0.2) is 9.97 Å². The van der Waals surface area contributed by atoms with Gasteiger partial charge in [0.1, 0.15) is 17.3 Å². The first-order chi connectivity index (χ1) is 7.68. The minimum atomic E-state index is 0.521. The maximum Gasteiger partial charge on any atom is 0.137 e. The summed E-state index contributed by atoms with van der Waals surface area (Å²) in [5, 5.41) is 3.81. The zero-order chi connectivity index (χ0) is 11.5. The first-order valence-electron chi connectivity index (χ1n) is 5.59. The Morgan fingerprint density at radius 2 is 2.25 bits per heavy atom. The average molecular weight is 241 g/mol. The van der Waals surface area contributed by atoms with Gasteiger partial charge in [0.25, 0.3) is 0 Å². The molecule has 1 aliphatic carbocycles. The Morgan fingerprint density at radius 3 is 2.94 bits per heavy atom. The van der Waals surface area contributed by atoms with Gasteiger partial charge >= 0.3 is 0 Å². The molecular formula is C11H17ClN4. The lowest BCUT2D eigenvalue weighted by atomic mass is 10.3. The lowest BCUT2D eigenvalue weighted by Crippen LogP contribution is -2.27. The number of hydrogen-bond acceptors (Lipinski definition) is 4. The van der Waals surface area contributed by atoms with Gasteiger partial charge in [-0.05, 0) is 26.8 Å². The fourth-order valence-corrected chi connectivity index (χ4v) is 1.79. The van der Waals surface area contributed by atoms with Crippen molar-refractivity contribution in [1.82, 2.24) is 14.9 Å². The summed E-state index contributed by atoms with van der Waals surface area (Å²) in [5.41, 5.74) is 0.915. The fourth-order valence-electron chi connectivity index (χ4n) is 1.66. The molecule has 1 aromatic heterocycles. The van der Waals surface area contributed by atoms with Gasteiger partial charge in [-0.2, -0.15) is 0 Å². The van der Waals surface area contributed by atoms with Crippen LogP contribution >= 0.6 is 11.6 Å². The summed E-state index contributed by atoms with van der Waals surface area (Å²) in [6.07, 6.45) is 4.17. The standard InChI is InChI=1S/C11H17ClN4/c1-8-10(12)14-7-15-11(8)13-5-6-16(2)9-3-4-9/h7,9H,3-6H2,1-2H3,(H,13,14,15). The maximum atomic E-state index is 5.91. The molecule has 0 saturated heterocycles. The topological polar surface area (TPSA) is 41.1 Å². The van der Waals surface area contributed by atoms with E-state index in [1.807, 2.05) is 6.92 Å². The van der Waals surface area contributed by atoms with Crippen molar-refractivity contribution < 1.29 is 0 Å². The van der Waals surface area contributed by atoms with Crippen LogP contribution in [0.25, 0.3) is 0 Å². The molecule has 0 amide bonds. The predicted octanol–water partition coefficient (Wildman–Crippen LogP) is 1.94. The van der Waals surface area contributed by atoms with E-state index in [0.29, 0.717) is 5.15 Å². The van der Waals surface area contributed by atoms with E-state index < -0.39 is 0 Å². The second-order valence-corrected chi connectivity index (χ2v) is 4.63. The molecule has 4 nitrogen and oxygen atoms in total. The van der Waals surface area contributed by atoms with Crippen LogP contribution in [0.1, 0.15) is 18.4 Å². The van der Waals surface area contributed by atoms with E-state index in [2.05, 4.69) is 27.2 Å². The molecule has 1 aromatic rings. The fraction of sp³-hybridized carbons (Fsp3) is 0.636. The number of likely N-dealkylation sites (N-methyl/N-ethyl adjacent to an activating group) is 1. The van der Waals surface area contributed by atoms with Gasteiger partial charge in [-0.1, -0.05) is 11.6 Å². The summed E-state index contributed by atoms with van der Waals surface area (Å²) < 4.78 is 0. The minimum absolute atomic E-state index is 0.521. The SMILES string of the molecule is Cc1c(Cl)ncnc1NCCN(C)C1CC1. The highest BCUT2D eigenvalue weighted by Crippen LogP contribution is 2.24. The second-order valence-electron chi connectivity index (χ2n) is 4.28. The van der Waals surface area contributed by atoms with E-state index in [4.69, 9.17) is 11.6 Å². The van der Waals surface area contributed by atoms with Gasteiger partial charge < -0.3 is 10.2 Å². The van der Waals surface area contributed by atoms with E-state index in [1.165, 1.54) is 19.2 Å². The summed E-state index contributed by atoms with van der Waals surface area (Å²) in [5.74, 6) is 0.837.